The smallest absolute Gasteiger partial charge is 0.342 e. The zero-order valence-corrected chi connectivity index (χ0v) is 21.4. The summed E-state index contributed by atoms with van der Waals surface area (Å²) in [4.78, 5) is 16.4. The number of carboxylic acids is 1. The summed E-state index contributed by atoms with van der Waals surface area (Å²) in [5, 5.41) is 17.0. The SMILES string of the molecule is C#CCOc1c(I)cc(/C=C(\Sc2n[nH]c(-c3cc(OC)cc(OC)c3)n2)C(=O)O)cc1OC. The van der Waals surface area contributed by atoms with Gasteiger partial charge in [-0.2, -0.15) is 0 Å². The van der Waals surface area contributed by atoms with Gasteiger partial charge in [-0.3, -0.25) is 5.10 Å². The fraction of sp³-hybridized carbons (Fsp3) is 0.174. The standard InChI is InChI=1S/C23H20IN3O6S/c1-5-6-33-20-17(24)7-13(8-18(20)32-4)9-19(22(28)29)34-23-25-21(26-27-23)14-10-15(30-2)12-16(11-14)31-3/h1,7-12H,6H2,2-4H3,(H,28,29)(H,25,26,27)/b19-9-. The molecule has 0 saturated heterocycles. The van der Waals surface area contributed by atoms with Crippen LogP contribution in [0.15, 0.2) is 40.4 Å². The molecule has 11 heteroatoms. The Labute approximate surface area is 214 Å². The number of aromatic amines is 1. The summed E-state index contributed by atoms with van der Waals surface area (Å²) in [5.74, 6) is 3.83. The van der Waals surface area contributed by atoms with Gasteiger partial charge in [0.25, 0.3) is 0 Å². The van der Waals surface area contributed by atoms with Gasteiger partial charge in [0.15, 0.2) is 17.3 Å². The minimum Gasteiger partial charge on any atom is -0.497 e. The molecule has 0 unspecified atom stereocenters. The highest BCUT2D eigenvalue weighted by atomic mass is 127. The van der Waals surface area contributed by atoms with Crippen LogP contribution in [0.1, 0.15) is 5.56 Å². The van der Waals surface area contributed by atoms with Gasteiger partial charge in [0.1, 0.15) is 23.0 Å². The van der Waals surface area contributed by atoms with E-state index in [0.29, 0.717) is 39.9 Å². The number of nitrogens with zero attached hydrogens (tertiary/aromatic N) is 2. The van der Waals surface area contributed by atoms with Crippen LogP contribution >= 0.6 is 34.4 Å². The van der Waals surface area contributed by atoms with E-state index in [9.17, 15) is 9.90 Å². The molecule has 0 atom stereocenters. The second kappa shape index (κ2) is 11.7. The molecule has 0 aliphatic carbocycles. The number of nitrogens with one attached hydrogen (secondary N) is 1. The number of benzene rings is 2. The zero-order valence-electron chi connectivity index (χ0n) is 18.4. The molecule has 176 valence electrons. The van der Waals surface area contributed by atoms with Crippen molar-refractivity contribution in [2.45, 2.75) is 5.16 Å². The topological polar surface area (TPSA) is 116 Å². The first-order chi connectivity index (χ1) is 16.4. The van der Waals surface area contributed by atoms with E-state index in [-0.39, 0.29) is 16.7 Å². The van der Waals surface area contributed by atoms with Gasteiger partial charge in [-0.1, -0.05) is 5.92 Å². The quantitative estimate of drug-likeness (QED) is 0.153. The number of aromatic nitrogens is 3. The number of hydrogen-bond acceptors (Lipinski definition) is 8. The third-order valence-electron chi connectivity index (χ3n) is 4.35. The first-order valence-electron chi connectivity index (χ1n) is 9.61. The Kier molecular flexibility index (Phi) is 8.67. The first-order valence-corrected chi connectivity index (χ1v) is 11.5. The fourth-order valence-corrected chi connectivity index (χ4v) is 4.32. The minimum absolute atomic E-state index is 0.0175. The van der Waals surface area contributed by atoms with Gasteiger partial charge >= 0.3 is 5.97 Å². The van der Waals surface area contributed by atoms with Crippen molar-refractivity contribution in [2.24, 2.45) is 0 Å². The zero-order chi connectivity index (χ0) is 24.7. The molecule has 34 heavy (non-hydrogen) atoms. The van der Waals surface area contributed by atoms with Crippen molar-refractivity contribution in [3.63, 3.8) is 0 Å². The molecule has 0 aliphatic heterocycles. The molecule has 0 amide bonds. The van der Waals surface area contributed by atoms with Crippen LogP contribution in [-0.4, -0.2) is 54.2 Å². The van der Waals surface area contributed by atoms with Crippen LogP contribution in [0.2, 0.25) is 0 Å². The lowest BCUT2D eigenvalue weighted by molar-refractivity contribution is -0.131. The molecule has 0 radical (unpaired) electrons. The molecule has 9 nitrogen and oxygen atoms in total. The van der Waals surface area contributed by atoms with Gasteiger partial charge in [-0.15, -0.1) is 11.5 Å². The Hall–Kier alpha value is -3.37. The third kappa shape index (κ3) is 6.15. The maximum atomic E-state index is 11.9. The molecule has 3 aromatic rings. The first kappa shape index (κ1) is 25.3. The van der Waals surface area contributed by atoms with E-state index in [2.05, 4.69) is 43.7 Å². The Morgan fingerprint density at radius 2 is 1.88 bits per heavy atom. The number of aliphatic carboxylic acids is 1. The van der Waals surface area contributed by atoms with Crippen molar-refractivity contribution in [3.8, 4) is 46.7 Å². The largest absolute Gasteiger partial charge is 0.497 e. The summed E-state index contributed by atoms with van der Waals surface area (Å²) in [7, 11) is 4.60. The summed E-state index contributed by atoms with van der Waals surface area (Å²) in [6.07, 6.45) is 6.77. The van der Waals surface area contributed by atoms with Gasteiger partial charge < -0.3 is 24.1 Å². The molecule has 0 spiro atoms. The molecule has 2 aromatic carbocycles. The number of H-pyrrole nitrogens is 1. The lowest BCUT2D eigenvalue weighted by Crippen LogP contribution is -2.00. The number of halogens is 1. The maximum absolute atomic E-state index is 11.9. The van der Waals surface area contributed by atoms with Crippen LogP contribution < -0.4 is 18.9 Å². The van der Waals surface area contributed by atoms with E-state index in [1.807, 2.05) is 0 Å². The Balaban J connectivity index is 1.90. The maximum Gasteiger partial charge on any atom is 0.342 e. The van der Waals surface area contributed by atoms with Crippen LogP contribution in [0.3, 0.4) is 0 Å². The Morgan fingerprint density at radius 3 is 2.47 bits per heavy atom. The van der Waals surface area contributed by atoms with Crippen molar-refractivity contribution in [3.05, 3.63) is 44.4 Å². The Bertz CT molecular complexity index is 1250. The molecule has 3 rings (SSSR count). The van der Waals surface area contributed by atoms with Crippen molar-refractivity contribution in [1.82, 2.24) is 15.2 Å². The number of methoxy groups -OCH3 is 3. The van der Waals surface area contributed by atoms with E-state index in [4.69, 9.17) is 25.4 Å². The average molecular weight is 593 g/mol. The van der Waals surface area contributed by atoms with Crippen LogP contribution in [0, 0.1) is 15.9 Å². The highest BCUT2D eigenvalue weighted by Gasteiger charge is 2.17. The minimum atomic E-state index is -1.12. The van der Waals surface area contributed by atoms with E-state index in [0.717, 1.165) is 15.3 Å². The number of carboxylic acid groups (broad SMARTS) is 1. The van der Waals surface area contributed by atoms with Crippen LogP contribution in [0.4, 0.5) is 0 Å². The number of terminal acetylenes is 1. The normalized spacial score (nSPS) is 11.0. The lowest BCUT2D eigenvalue weighted by atomic mass is 10.2. The predicted molar refractivity (Wildman–Crippen MR) is 136 cm³/mol. The molecule has 2 N–H and O–H groups in total. The molecule has 0 bridgehead atoms. The van der Waals surface area contributed by atoms with Gasteiger partial charge in [0.05, 0.1) is 24.9 Å². The summed E-state index contributed by atoms with van der Waals surface area (Å²) < 4.78 is 22.2. The highest BCUT2D eigenvalue weighted by molar-refractivity contribution is 14.1. The molecule has 1 heterocycles. The second-order valence-corrected chi connectivity index (χ2v) is 8.68. The van der Waals surface area contributed by atoms with E-state index in [1.165, 1.54) is 13.2 Å². The van der Waals surface area contributed by atoms with Crippen LogP contribution in [0.25, 0.3) is 17.5 Å². The number of thioether (sulfide) groups is 1. The number of ether oxygens (including phenoxy) is 4. The average Bonchev–Trinajstić information content (AvgIpc) is 3.30. The molecular formula is C23H20IN3O6S. The molecule has 0 saturated carbocycles. The van der Waals surface area contributed by atoms with Crippen molar-refractivity contribution in [1.29, 1.82) is 0 Å². The van der Waals surface area contributed by atoms with Gasteiger partial charge in [0.2, 0.25) is 5.16 Å². The van der Waals surface area contributed by atoms with Crippen LogP contribution in [-0.2, 0) is 4.79 Å². The van der Waals surface area contributed by atoms with Crippen molar-refractivity contribution < 1.29 is 28.8 Å². The molecule has 0 fully saturated rings. The van der Waals surface area contributed by atoms with Crippen molar-refractivity contribution in [2.75, 3.05) is 27.9 Å². The van der Waals surface area contributed by atoms with Crippen LogP contribution in [0.5, 0.6) is 23.0 Å². The number of rotatable bonds is 10. The fourth-order valence-electron chi connectivity index (χ4n) is 2.83. The third-order valence-corrected chi connectivity index (χ3v) is 6.03. The predicted octanol–water partition coefficient (Wildman–Crippen LogP) is 4.33. The second-order valence-electron chi connectivity index (χ2n) is 6.51. The summed E-state index contributed by atoms with van der Waals surface area (Å²) >= 11 is 2.99. The highest BCUT2D eigenvalue weighted by Crippen LogP contribution is 2.36. The number of carbonyl (C=O) groups is 1. The lowest BCUT2D eigenvalue weighted by Gasteiger charge is -2.12. The summed E-state index contributed by atoms with van der Waals surface area (Å²) in [6, 6.07) is 8.71. The monoisotopic (exact) mass is 593 g/mol. The molecule has 1 aromatic heterocycles. The Morgan fingerprint density at radius 1 is 1.18 bits per heavy atom. The molecule has 0 aliphatic rings. The van der Waals surface area contributed by atoms with Crippen molar-refractivity contribution >= 4 is 46.4 Å². The van der Waals surface area contributed by atoms with Gasteiger partial charge in [-0.25, -0.2) is 9.78 Å². The van der Waals surface area contributed by atoms with E-state index >= 15 is 0 Å². The van der Waals surface area contributed by atoms with E-state index < -0.39 is 5.97 Å². The summed E-state index contributed by atoms with van der Waals surface area (Å²) in [5.41, 5.74) is 1.28. The number of hydrogen-bond donors (Lipinski definition) is 2. The summed E-state index contributed by atoms with van der Waals surface area (Å²) in [6.45, 7) is 0.0874. The molecular weight excluding hydrogens is 573 g/mol. The van der Waals surface area contributed by atoms with Gasteiger partial charge in [-0.05, 0) is 70.3 Å². The van der Waals surface area contributed by atoms with Gasteiger partial charge in [0, 0.05) is 11.6 Å². The van der Waals surface area contributed by atoms with E-state index in [1.54, 1.807) is 44.6 Å².